The van der Waals surface area contributed by atoms with Gasteiger partial charge in [-0.3, -0.25) is 4.84 Å². The van der Waals surface area contributed by atoms with E-state index in [-0.39, 0.29) is 5.41 Å². The molecule has 0 saturated heterocycles. The Labute approximate surface area is 73.0 Å². The molecule has 0 saturated carbocycles. The van der Waals surface area contributed by atoms with Gasteiger partial charge in [-0.05, 0) is 6.92 Å². The summed E-state index contributed by atoms with van der Waals surface area (Å²) in [5, 5.41) is 5.97. The van der Waals surface area contributed by atoms with Crippen LogP contribution in [0.3, 0.4) is 0 Å². The smallest absolute Gasteiger partial charge is 0.323 e. The standard InChI is InChI=1S/C8H16N2O2/c1-6(8(2,3)4)10-12-7(11)9-5/h1-5H3,(H,9,11)/b10-6+. The number of carbonyl (C=O) groups excluding carboxylic acids is 1. The van der Waals surface area contributed by atoms with Crippen molar-refractivity contribution < 1.29 is 9.63 Å². The third-order valence-electron chi connectivity index (χ3n) is 1.56. The second-order valence-corrected chi connectivity index (χ2v) is 3.56. The number of amides is 1. The van der Waals surface area contributed by atoms with Crippen molar-refractivity contribution in [1.29, 1.82) is 0 Å². The largest absolute Gasteiger partial charge is 0.433 e. The predicted octanol–water partition coefficient (Wildman–Crippen LogP) is 1.76. The first-order chi connectivity index (χ1) is 5.38. The molecule has 0 heterocycles. The van der Waals surface area contributed by atoms with Gasteiger partial charge in [-0.1, -0.05) is 25.9 Å². The van der Waals surface area contributed by atoms with Crippen molar-refractivity contribution in [3.63, 3.8) is 0 Å². The van der Waals surface area contributed by atoms with Crippen LogP contribution in [0.15, 0.2) is 5.16 Å². The van der Waals surface area contributed by atoms with Crippen LogP contribution in [0.1, 0.15) is 27.7 Å². The molecule has 0 atom stereocenters. The van der Waals surface area contributed by atoms with Crippen molar-refractivity contribution in [3.05, 3.63) is 0 Å². The van der Waals surface area contributed by atoms with E-state index in [4.69, 9.17) is 0 Å². The maximum absolute atomic E-state index is 10.6. The second kappa shape index (κ2) is 4.09. The molecule has 4 nitrogen and oxygen atoms in total. The van der Waals surface area contributed by atoms with Crippen molar-refractivity contribution in [3.8, 4) is 0 Å². The molecule has 0 aliphatic carbocycles. The first kappa shape index (κ1) is 10.9. The quantitative estimate of drug-likeness (QED) is 0.372. The van der Waals surface area contributed by atoms with Crippen molar-refractivity contribution >= 4 is 11.8 Å². The van der Waals surface area contributed by atoms with Gasteiger partial charge < -0.3 is 5.32 Å². The highest BCUT2D eigenvalue weighted by Crippen LogP contribution is 2.15. The summed E-state index contributed by atoms with van der Waals surface area (Å²) < 4.78 is 0. The second-order valence-electron chi connectivity index (χ2n) is 3.56. The minimum atomic E-state index is -0.543. The lowest BCUT2D eigenvalue weighted by Gasteiger charge is -2.16. The highest BCUT2D eigenvalue weighted by atomic mass is 16.7. The molecule has 0 rings (SSSR count). The fraction of sp³-hybridized carbons (Fsp3) is 0.750. The van der Waals surface area contributed by atoms with Crippen molar-refractivity contribution in [2.24, 2.45) is 10.6 Å². The molecule has 0 aromatic heterocycles. The summed E-state index contributed by atoms with van der Waals surface area (Å²) >= 11 is 0. The summed E-state index contributed by atoms with van der Waals surface area (Å²) in [6, 6.07) is 0. The molecule has 0 aromatic carbocycles. The maximum atomic E-state index is 10.6. The Kier molecular flexibility index (Phi) is 3.73. The van der Waals surface area contributed by atoms with Gasteiger partial charge in [0.15, 0.2) is 0 Å². The number of oxime groups is 1. The highest BCUT2D eigenvalue weighted by molar-refractivity contribution is 5.87. The maximum Gasteiger partial charge on any atom is 0.433 e. The molecule has 1 N–H and O–H groups in total. The topological polar surface area (TPSA) is 50.7 Å². The lowest BCUT2D eigenvalue weighted by atomic mass is 9.91. The summed E-state index contributed by atoms with van der Waals surface area (Å²) in [4.78, 5) is 15.1. The van der Waals surface area contributed by atoms with Crippen LogP contribution in [0, 0.1) is 5.41 Å². The van der Waals surface area contributed by atoms with E-state index in [1.165, 1.54) is 7.05 Å². The zero-order chi connectivity index (χ0) is 9.78. The molecule has 4 heteroatoms. The van der Waals surface area contributed by atoms with Crippen molar-refractivity contribution in [1.82, 2.24) is 5.32 Å². The Balaban J connectivity index is 4.11. The fourth-order valence-corrected chi connectivity index (χ4v) is 0.292. The van der Waals surface area contributed by atoms with Gasteiger partial charge in [-0.25, -0.2) is 4.79 Å². The van der Waals surface area contributed by atoms with Gasteiger partial charge in [-0.2, -0.15) is 0 Å². The Morgan fingerprint density at radius 3 is 2.25 bits per heavy atom. The van der Waals surface area contributed by atoms with Crippen LogP contribution in [0.4, 0.5) is 4.79 Å². The SMILES string of the molecule is CNC(=O)O/N=C(\C)C(C)(C)C. The van der Waals surface area contributed by atoms with Crippen LogP contribution in [0.25, 0.3) is 0 Å². The zero-order valence-electron chi connectivity index (χ0n) is 8.26. The zero-order valence-corrected chi connectivity index (χ0v) is 8.26. The van der Waals surface area contributed by atoms with Crippen LogP contribution in [-0.2, 0) is 4.84 Å². The van der Waals surface area contributed by atoms with E-state index in [0.29, 0.717) is 0 Å². The molecule has 0 fully saturated rings. The monoisotopic (exact) mass is 172 g/mol. The average Bonchev–Trinajstić information content (AvgIpc) is 1.97. The van der Waals surface area contributed by atoms with Gasteiger partial charge in [0.05, 0.1) is 5.71 Å². The summed E-state index contributed by atoms with van der Waals surface area (Å²) in [7, 11) is 1.49. The first-order valence-corrected chi connectivity index (χ1v) is 3.81. The van der Waals surface area contributed by atoms with Crippen molar-refractivity contribution in [2.75, 3.05) is 7.05 Å². The Morgan fingerprint density at radius 1 is 1.42 bits per heavy atom. The molecule has 0 unspecified atom stereocenters. The molecule has 1 amide bonds. The Bertz CT molecular complexity index is 192. The number of carbonyl (C=O) groups is 1. The minimum Gasteiger partial charge on any atom is -0.323 e. The molecule has 0 aromatic rings. The number of nitrogens with one attached hydrogen (secondary N) is 1. The lowest BCUT2D eigenvalue weighted by molar-refractivity contribution is 0.151. The molecule has 70 valence electrons. The third kappa shape index (κ3) is 3.95. The van der Waals surface area contributed by atoms with Gasteiger partial charge in [0, 0.05) is 12.5 Å². The summed E-state index contributed by atoms with van der Waals surface area (Å²) in [6.45, 7) is 7.82. The van der Waals surface area contributed by atoms with Crippen LogP contribution in [0.2, 0.25) is 0 Å². The summed E-state index contributed by atoms with van der Waals surface area (Å²) in [5.41, 5.74) is 0.722. The van der Waals surface area contributed by atoms with Crippen LogP contribution in [0.5, 0.6) is 0 Å². The van der Waals surface area contributed by atoms with Gasteiger partial charge in [-0.15, -0.1) is 0 Å². The van der Waals surface area contributed by atoms with Gasteiger partial charge in [0.1, 0.15) is 0 Å². The molecule has 0 spiro atoms. The minimum absolute atomic E-state index is 0.0615. The molecule has 0 aliphatic rings. The molecule has 0 aliphatic heterocycles. The normalized spacial score (nSPS) is 12.6. The molecule has 0 bridgehead atoms. The summed E-state index contributed by atoms with van der Waals surface area (Å²) in [5.74, 6) is 0. The predicted molar refractivity (Wildman–Crippen MR) is 48.1 cm³/mol. The van der Waals surface area contributed by atoms with Gasteiger partial charge >= 0.3 is 6.09 Å². The van der Waals surface area contributed by atoms with Gasteiger partial charge in [0.25, 0.3) is 0 Å². The van der Waals surface area contributed by atoms with Crippen LogP contribution >= 0.6 is 0 Å². The van der Waals surface area contributed by atoms with Crippen LogP contribution < -0.4 is 5.32 Å². The van der Waals surface area contributed by atoms with E-state index in [1.54, 1.807) is 0 Å². The average molecular weight is 172 g/mol. The van der Waals surface area contributed by atoms with E-state index >= 15 is 0 Å². The highest BCUT2D eigenvalue weighted by Gasteiger charge is 2.15. The molecular weight excluding hydrogens is 156 g/mol. The third-order valence-corrected chi connectivity index (χ3v) is 1.56. The number of rotatable bonds is 1. The first-order valence-electron chi connectivity index (χ1n) is 3.81. The van der Waals surface area contributed by atoms with Gasteiger partial charge in [0.2, 0.25) is 0 Å². The number of hydrogen-bond donors (Lipinski definition) is 1. The molecule has 12 heavy (non-hydrogen) atoms. The Morgan fingerprint density at radius 2 is 1.92 bits per heavy atom. The lowest BCUT2D eigenvalue weighted by Crippen LogP contribution is -2.21. The van der Waals surface area contributed by atoms with E-state index < -0.39 is 6.09 Å². The van der Waals surface area contributed by atoms with Crippen LogP contribution in [-0.4, -0.2) is 18.9 Å². The number of hydrogen-bond acceptors (Lipinski definition) is 3. The summed E-state index contributed by atoms with van der Waals surface area (Å²) in [6.07, 6.45) is -0.543. The van der Waals surface area contributed by atoms with E-state index in [9.17, 15) is 4.79 Å². The number of nitrogens with zero attached hydrogens (tertiary/aromatic N) is 1. The molecule has 0 radical (unpaired) electrons. The Hall–Kier alpha value is -1.06. The van der Waals surface area contributed by atoms with E-state index in [0.717, 1.165) is 5.71 Å². The van der Waals surface area contributed by atoms with Crippen molar-refractivity contribution in [2.45, 2.75) is 27.7 Å². The van der Waals surface area contributed by atoms with E-state index in [2.05, 4.69) is 15.3 Å². The fourth-order valence-electron chi connectivity index (χ4n) is 0.292. The molecular formula is C8H16N2O2. The van der Waals surface area contributed by atoms with E-state index in [1.807, 2.05) is 27.7 Å².